The van der Waals surface area contributed by atoms with E-state index in [1.165, 1.54) is 49.7 Å². The van der Waals surface area contributed by atoms with Crippen molar-refractivity contribution in [2.45, 2.75) is 110 Å². The number of esters is 1. The van der Waals surface area contributed by atoms with Crippen LogP contribution in [-0.2, 0) is 20.7 Å². The van der Waals surface area contributed by atoms with Crippen molar-refractivity contribution in [2.24, 2.45) is 35.0 Å². The van der Waals surface area contributed by atoms with Crippen LogP contribution < -0.4 is 0 Å². The van der Waals surface area contributed by atoms with Crippen molar-refractivity contribution in [3.8, 4) is 0 Å². The summed E-state index contributed by atoms with van der Waals surface area (Å²) in [7, 11) is 0. The van der Waals surface area contributed by atoms with Crippen molar-refractivity contribution in [1.82, 2.24) is 0 Å². The molecule has 0 heterocycles. The van der Waals surface area contributed by atoms with Gasteiger partial charge in [0.1, 0.15) is 6.10 Å². The molecule has 0 aliphatic heterocycles. The molecule has 0 aromatic heterocycles. The van der Waals surface area contributed by atoms with E-state index in [-0.39, 0.29) is 23.4 Å². The second-order valence-corrected chi connectivity index (χ2v) is 12.6. The monoisotopic (exact) mass is 490 g/mol. The Balaban J connectivity index is 1.25. The van der Waals surface area contributed by atoms with Crippen LogP contribution >= 0.6 is 0 Å². The number of carbonyl (C=O) groups excluding carboxylic acids is 2. The van der Waals surface area contributed by atoms with E-state index >= 15 is 0 Å². The topological polar surface area (TPSA) is 43.4 Å². The smallest absolute Gasteiger partial charge is 0.309 e. The number of carbonyl (C=O) groups is 2. The first-order valence-electron chi connectivity index (χ1n) is 15.0. The van der Waals surface area contributed by atoms with Crippen molar-refractivity contribution in [1.29, 1.82) is 0 Å². The Kier molecular flexibility index (Phi) is 8.03. The quantitative estimate of drug-likeness (QED) is 0.261. The van der Waals surface area contributed by atoms with Crippen LogP contribution in [0.15, 0.2) is 42.0 Å². The maximum atomic E-state index is 13.6. The molecule has 7 atom stereocenters. The summed E-state index contributed by atoms with van der Waals surface area (Å²) < 4.78 is 6.48. The lowest BCUT2D eigenvalue weighted by molar-refractivity contribution is -0.164. The van der Waals surface area contributed by atoms with Crippen LogP contribution in [0.4, 0.5) is 0 Å². The molecule has 4 aliphatic rings. The Morgan fingerprint density at radius 2 is 1.83 bits per heavy atom. The standard InChI is InChI=1S/C33H46O3/c1-3-4-5-9-12-25(21-23-10-7-6-8-11-23)32(35)36-31-18-17-30-29-15-13-24-22-26(34)14-16-27(24)28(29)19-20-33(30,31)2/h6-8,10-11,22,25,27-31H,3-5,9,12-21H2,1-2H3/t25?,27-,28+,29+,30-,31-,33-/m0/s1. The zero-order chi connectivity index (χ0) is 25.1. The van der Waals surface area contributed by atoms with Gasteiger partial charge in [-0.15, -0.1) is 0 Å². The highest BCUT2D eigenvalue weighted by Crippen LogP contribution is 2.62. The van der Waals surface area contributed by atoms with Crippen molar-refractivity contribution in [2.75, 3.05) is 0 Å². The molecule has 0 bridgehead atoms. The number of allylic oxidation sites excluding steroid dienone is 1. The number of benzene rings is 1. The van der Waals surface area contributed by atoms with E-state index in [9.17, 15) is 9.59 Å². The Bertz CT molecular complexity index is 949. The number of hydrogen-bond acceptors (Lipinski definition) is 3. The Labute approximate surface area is 218 Å². The molecule has 1 aromatic rings. The molecular weight excluding hydrogens is 444 g/mol. The van der Waals surface area contributed by atoms with Gasteiger partial charge in [0.2, 0.25) is 0 Å². The van der Waals surface area contributed by atoms with Crippen molar-refractivity contribution < 1.29 is 14.3 Å². The Morgan fingerprint density at radius 3 is 2.64 bits per heavy atom. The van der Waals surface area contributed by atoms with Gasteiger partial charge in [0.15, 0.2) is 5.78 Å². The molecular formula is C33H46O3. The first-order chi connectivity index (χ1) is 17.5. The lowest BCUT2D eigenvalue weighted by Gasteiger charge is -2.53. The molecule has 0 amide bonds. The number of rotatable bonds is 9. The number of ketones is 1. The minimum absolute atomic E-state index is 0.0367. The van der Waals surface area contributed by atoms with E-state index in [4.69, 9.17) is 4.74 Å². The van der Waals surface area contributed by atoms with E-state index in [1.807, 2.05) is 12.1 Å². The second-order valence-electron chi connectivity index (χ2n) is 12.6. The summed E-state index contributed by atoms with van der Waals surface area (Å²) in [5.41, 5.74) is 2.80. The van der Waals surface area contributed by atoms with Crippen LogP contribution in [0.25, 0.3) is 0 Å². The normalized spacial score (nSPS) is 34.2. The summed E-state index contributed by atoms with van der Waals surface area (Å²) in [4.78, 5) is 25.6. The maximum absolute atomic E-state index is 13.6. The molecule has 0 N–H and O–H groups in total. The molecule has 3 heteroatoms. The Hall–Kier alpha value is -1.90. The summed E-state index contributed by atoms with van der Waals surface area (Å²) in [5, 5.41) is 0. The van der Waals surface area contributed by atoms with Crippen LogP contribution in [0.1, 0.15) is 103 Å². The van der Waals surface area contributed by atoms with Crippen LogP contribution in [0.2, 0.25) is 0 Å². The summed E-state index contributed by atoms with van der Waals surface area (Å²) >= 11 is 0. The fourth-order valence-corrected chi connectivity index (χ4v) is 8.58. The van der Waals surface area contributed by atoms with Crippen LogP contribution in [0.3, 0.4) is 0 Å². The Morgan fingerprint density at radius 1 is 1.00 bits per heavy atom. The van der Waals surface area contributed by atoms with Gasteiger partial charge in [-0.1, -0.05) is 75.4 Å². The number of ether oxygens (including phenoxy) is 1. The zero-order valence-electron chi connectivity index (χ0n) is 22.6. The van der Waals surface area contributed by atoms with Crippen molar-refractivity contribution >= 4 is 11.8 Å². The summed E-state index contributed by atoms with van der Waals surface area (Å²) in [6.45, 7) is 4.67. The first-order valence-corrected chi connectivity index (χ1v) is 15.0. The third-order valence-corrected chi connectivity index (χ3v) is 10.5. The van der Waals surface area contributed by atoms with E-state index < -0.39 is 0 Å². The molecule has 3 nitrogen and oxygen atoms in total. The van der Waals surface area contributed by atoms with Crippen LogP contribution in [-0.4, -0.2) is 17.9 Å². The van der Waals surface area contributed by atoms with Gasteiger partial charge in [-0.3, -0.25) is 9.59 Å². The molecule has 36 heavy (non-hydrogen) atoms. The van der Waals surface area contributed by atoms with Gasteiger partial charge in [0.05, 0.1) is 5.92 Å². The number of unbranched alkanes of at least 4 members (excludes halogenated alkanes) is 3. The van der Waals surface area contributed by atoms with Gasteiger partial charge in [-0.25, -0.2) is 0 Å². The van der Waals surface area contributed by atoms with Crippen LogP contribution in [0, 0.1) is 35.0 Å². The lowest BCUT2D eigenvalue weighted by atomic mass is 9.52. The number of fused-ring (bicyclic) bond motifs is 5. The fraction of sp³-hybridized carbons (Fsp3) is 0.697. The highest BCUT2D eigenvalue weighted by Gasteiger charge is 2.57. The second kappa shape index (κ2) is 11.2. The molecule has 4 aliphatic carbocycles. The van der Waals surface area contributed by atoms with Crippen molar-refractivity contribution in [3.05, 3.63) is 47.5 Å². The highest BCUT2D eigenvalue weighted by atomic mass is 16.5. The molecule has 0 radical (unpaired) electrons. The van der Waals surface area contributed by atoms with Crippen molar-refractivity contribution in [3.63, 3.8) is 0 Å². The van der Waals surface area contributed by atoms with Gasteiger partial charge in [-0.05, 0) is 93.1 Å². The zero-order valence-corrected chi connectivity index (χ0v) is 22.6. The predicted molar refractivity (Wildman–Crippen MR) is 144 cm³/mol. The van der Waals surface area contributed by atoms with E-state index in [0.717, 1.165) is 63.2 Å². The molecule has 3 fully saturated rings. The predicted octanol–water partition coefficient (Wildman–Crippen LogP) is 7.87. The average molecular weight is 491 g/mol. The fourth-order valence-electron chi connectivity index (χ4n) is 8.58. The average Bonchev–Trinajstić information content (AvgIpc) is 3.22. The highest BCUT2D eigenvalue weighted by molar-refractivity contribution is 5.91. The van der Waals surface area contributed by atoms with Gasteiger partial charge >= 0.3 is 5.97 Å². The third kappa shape index (κ3) is 5.22. The summed E-state index contributed by atoms with van der Waals surface area (Å²) in [6, 6.07) is 10.5. The lowest BCUT2D eigenvalue weighted by Crippen LogP contribution is -2.48. The minimum atomic E-state index is -0.0367. The van der Waals surface area contributed by atoms with Gasteiger partial charge < -0.3 is 4.74 Å². The van der Waals surface area contributed by atoms with Gasteiger partial charge in [0.25, 0.3) is 0 Å². The molecule has 1 aromatic carbocycles. The largest absolute Gasteiger partial charge is 0.462 e. The molecule has 196 valence electrons. The molecule has 3 saturated carbocycles. The first kappa shape index (κ1) is 25.7. The molecule has 5 rings (SSSR count). The third-order valence-electron chi connectivity index (χ3n) is 10.5. The maximum Gasteiger partial charge on any atom is 0.309 e. The SMILES string of the molecule is CCCCCCC(Cc1ccccc1)C(=O)O[C@H]1CC[C@H]2[C@@H]3CCC4=CC(=O)CC[C@@H]4[C@H]3CC[C@]12C. The molecule has 0 spiro atoms. The van der Waals surface area contributed by atoms with Crippen LogP contribution in [0.5, 0.6) is 0 Å². The minimum Gasteiger partial charge on any atom is -0.462 e. The van der Waals surface area contributed by atoms with E-state index in [2.05, 4.69) is 38.1 Å². The number of hydrogen-bond donors (Lipinski definition) is 0. The van der Waals surface area contributed by atoms with Gasteiger partial charge in [-0.2, -0.15) is 0 Å². The summed E-state index contributed by atoms with van der Waals surface area (Å²) in [6.07, 6.45) is 17.3. The molecule has 1 unspecified atom stereocenters. The molecule has 0 saturated heterocycles. The van der Waals surface area contributed by atoms with E-state index in [0.29, 0.717) is 17.6 Å². The van der Waals surface area contributed by atoms with E-state index in [1.54, 1.807) is 0 Å². The van der Waals surface area contributed by atoms with Gasteiger partial charge in [0, 0.05) is 11.8 Å². The summed E-state index contributed by atoms with van der Waals surface area (Å²) in [5.74, 6) is 3.10.